The van der Waals surface area contributed by atoms with Gasteiger partial charge < -0.3 is 5.32 Å². The Morgan fingerprint density at radius 2 is 1.93 bits per heavy atom. The van der Waals surface area contributed by atoms with Crippen molar-refractivity contribution in [2.45, 2.75) is 5.03 Å². The number of benzene rings is 1. The van der Waals surface area contributed by atoms with Crippen molar-refractivity contribution in [3.05, 3.63) is 76.6 Å². The van der Waals surface area contributed by atoms with E-state index in [0.29, 0.717) is 16.3 Å². The highest BCUT2D eigenvalue weighted by Gasteiger charge is 2.16. The van der Waals surface area contributed by atoms with E-state index in [-0.39, 0.29) is 17.1 Å². The molecule has 3 aromatic rings. The zero-order valence-electron chi connectivity index (χ0n) is 14.4. The maximum Gasteiger partial charge on any atom is 0.292 e. The highest BCUT2D eigenvalue weighted by molar-refractivity contribution is 8.00. The van der Waals surface area contributed by atoms with E-state index in [1.807, 2.05) is 0 Å². The Morgan fingerprint density at radius 3 is 2.64 bits per heavy atom. The highest BCUT2D eigenvalue weighted by atomic mass is 32.2. The number of thioether (sulfide) groups is 1. The molecule has 0 aliphatic carbocycles. The molecule has 2 aromatic heterocycles. The molecule has 8 nitrogen and oxygen atoms in total. The van der Waals surface area contributed by atoms with E-state index in [4.69, 9.17) is 0 Å². The molecule has 1 amide bonds. The first kappa shape index (κ1) is 19.0. The molecule has 0 spiro atoms. The lowest BCUT2D eigenvalue weighted by molar-refractivity contribution is -0.383. The van der Waals surface area contributed by atoms with Gasteiger partial charge in [0.05, 0.1) is 21.9 Å². The van der Waals surface area contributed by atoms with Gasteiger partial charge in [0.25, 0.3) is 5.69 Å². The summed E-state index contributed by atoms with van der Waals surface area (Å²) in [6, 6.07) is 14.9. The predicted octanol–water partition coefficient (Wildman–Crippen LogP) is 3.65. The predicted molar refractivity (Wildman–Crippen MR) is 105 cm³/mol. The summed E-state index contributed by atoms with van der Waals surface area (Å²) < 4.78 is 0. The maximum absolute atomic E-state index is 12.2. The van der Waals surface area contributed by atoms with Crippen molar-refractivity contribution < 1.29 is 9.72 Å². The van der Waals surface area contributed by atoms with Crippen LogP contribution < -0.4 is 5.32 Å². The number of para-hydroxylation sites is 2. The summed E-state index contributed by atoms with van der Waals surface area (Å²) in [5, 5.41) is 23.3. The average molecular weight is 391 g/mol. The third kappa shape index (κ3) is 4.49. The summed E-state index contributed by atoms with van der Waals surface area (Å²) in [6.45, 7) is 0. The highest BCUT2D eigenvalue weighted by Crippen LogP contribution is 2.26. The Bertz CT molecular complexity index is 1070. The van der Waals surface area contributed by atoms with E-state index in [1.165, 1.54) is 18.2 Å². The molecule has 1 aromatic carbocycles. The van der Waals surface area contributed by atoms with Crippen molar-refractivity contribution in [2.24, 2.45) is 0 Å². The molecule has 3 rings (SSSR count). The van der Waals surface area contributed by atoms with E-state index in [1.54, 1.807) is 42.7 Å². The number of hydrogen-bond donors (Lipinski definition) is 1. The van der Waals surface area contributed by atoms with Crippen molar-refractivity contribution in [1.82, 2.24) is 9.97 Å². The van der Waals surface area contributed by atoms with E-state index < -0.39 is 10.8 Å². The van der Waals surface area contributed by atoms with Gasteiger partial charge in [-0.05, 0) is 30.3 Å². The quantitative estimate of drug-likeness (QED) is 0.386. The van der Waals surface area contributed by atoms with Crippen LogP contribution in [0.25, 0.3) is 11.3 Å². The first-order chi connectivity index (χ1) is 13.6. The van der Waals surface area contributed by atoms with E-state index in [0.717, 1.165) is 17.3 Å². The van der Waals surface area contributed by atoms with Gasteiger partial charge in [0.15, 0.2) is 0 Å². The van der Waals surface area contributed by atoms with Crippen molar-refractivity contribution >= 4 is 29.0 Å². The Kier molecular flexibility index (Phi) is 5.94. The lowest BCUT2D eigenvalue weighted by Gasteiger charge is -2.08. The Hall–Kier alpha value is -3.77. The molecule has 0 aliphatic heterocycles. The van der Waals surface area contributed by atoms with Crippen LogP contribution in [0.3, 0.4) is 0 Å². The molecule has 9 heteroatoms. The fourth-order valence-electron chi connectivity index (χ4n) is 2.38. The molecule has 0 saturated heterocycles. The molecule has 2 heterocycles. The first-order valence-electron chi connectivity index (χ1n) is 8.06. The van der Waals surface area contributed by atoms with Crippen LogP contribution in [-0.4, -0.2) is 26.6 Å². The normalized spacial score (nSPS) is 10.1. The van der Waals surface area contributed by atoms with Gasteiger partial charge >= 0.3 is 0 Å². The minimum Gasteiger partial charge on any atom is -0.320 e. The van der Waals surface area contributed by atoms with Crippen molar-refractivity contribution in [3.8, 4) is 17.3 Å². The molecule has 0 radical (unpaired) electrons. The monoisotopic (exact) mass is 391 g/mol. The number of pyridine rings is 2. The molecule has 28 heavy (non-hydrogen) atoms. The minimum atomic E-state index is -0.559. The van der Waals surface area contributed by atoms with Gasteiger partial charge in [-0.3, -0.25) is 19.9 Å². The molecule has 0 fully saturated rings. The second-order valence-electron chi connectivity index (χ2n) is 5.51. The fourth-order valence-corrected chi connectivity index (χ4v) is 3.15. The Balaban J connectivity index is 1.74. The van der Waals surface area contributed by atoms with Crippen LogP contribution >= 0.6 is 11.8 Å². The van der Waals surface area contributed by atoms with Gasteiger partial charge in [0.1, 0.15) is 16.8 Å². The van der Waals surface area contributed by atoms with Crippen LogP contribution in [0.2, 0.25) is 0 Å². The molecule has 0 saturated carbocycles. The summed E-state index contributed by atoms with van der Waals surface area (Å²) in [6.07, 6.45) is 3.28. The summed E-state index contributed by atoms with van der Waals surface area (Å²) >= 11 is 1.09. The standard InChI is InChI=1S/C19H13N5O3S/c20-11-14-5-6-15(13-7-9-21-10-8-13)23-19(14)28-12-18(25)22-16-3-1-2-4-17(16)24(26)27/h1-10H,12H2,(H,22,25). The zero-order chi connectivity index (χ0) is 19.9. The number of nitriles is 1. The van der Waals surface area contributed by atoms with Gasteiger partial charge in [0, 0.05) is 24.0 Å². The second-order valence-corrected chi connectivity index (χ2v) is 6.47. The topological polar surface area (TPSA) is 122 Å². The van der Waals surface area contributed by atoms with Gasteiger partial charge in [-0.15, -0.1) is 0 Å². The number of nitrogens with one attached hydrogen (secondary N) is 1. The number of amides is 1. The molecule has 1 N–H and O–H groups in total. The van der Waals surface area contributed by atoms with Crippen LogP contribution in [0.4, 0.5) is 11.4 Å². The van der Waals surface area contributed by atoms with E-state index in [9.17, 15) is 20.2 Å². The number of carbonyl (C=O) groups excluding carboxylic acids is 1. The van der Waals surface area contributed by atoms with Crippen LogP contribution in [0, 0.1) is 21.4 Å². The zero-order valence-corrected chi connectivity index (χ0v) is 15.2. The fraction of sp³-hybridized carbons (Fsp3) is 0.0526. The summed E-state index contributed by atoms with van der Waals surface area (Å²) in [4.78, 5) is 31.1. The van der Waals surface area contributed by atoms with Crippen LogP contribution in [0.5, 0.6) is 0 Å². The minimum absolute atomic E-state index is 0.0481. The second kappa shape index (κ2) is 8.75. The molecule has 138 valence electrons. The third-order valence-electron chi connectivity index (χ3n) is 3.67. The smallest absolute Gasteiger partial charge is 0.292 e. The van der Waals surface area contributed by atoms with Crippen LogP contribution in [-0.2, 0) is 4.79 Å². The van der Waals surface area contributed by atoms with Crippen molar-refractivity contribution in [2.75, 3.05) is 11.1 Å². The van der Waals surface area contributed by atoms with Gasteiger partial charge in [0.2, 0.25) is 5.91 Å². The molecular formula is C19H13N5O3S. The Morgan fingerprint density at radius 1 is 1.18 bits per heavy atom. The lowest BCUT2D eigenvalue weighted by Crippen LogP contribution is -2.15. The Labute approximate surface area is 164 Å². The van der Waals surface area contributed by atoms with Gasteiger partial charge in [-0.2, -0.15) is 5.26 Å². The van der Waals surface area contributed by atoms with E-state index >= 15 is 0 Å². The molecular weight excluding hydrogens is 378 g/mol. The summed E-state index contributed by atoms with van der Waals surface area (Å²) in [5.74, 6) is -0.479. The lowest BCUT2D eigenvalue weighted by atomic mass is 10.1. The number of carbonyl (C=O) groups is 1. The van der Waals surface area contributed by atoms with Crippen molar-refractivity contribution in [3.63, 3.8) is 0 Å². The molecule has 0 atom stereocenters. The van der Waals surface area contributed by atoms with Crippen LogP contribution in [0.1, 0.15) is 5.56 Å². The maximum atomic E-state index is 12.2. The molecule has 0 unspecified atom stereocenters. The number of nitrogens with zero attached hydrogens (tertiary/aromatic N) is 4. The number of hydrogen-bond acceptors (Lipinski definition) is 7. The van der Waals surface area contributed by atoms with Gasteiger partial charge in [-0.1, -0.05) is 23.9 Å². The third-order valence-corrected chi connectivity index (χ3v) is 4.66. The molecule has 0 bridgehead atoms. The summed E-state index contributed by atoms with van der Waals surface area (Å²) in [5.41, 5.74) is 1.78. The largest absolute Gasteiger partial charge is 0.320 e. The number of rotatable bonds is 6. The SMILES string of the molecule is N#Cc1ccc(-c2ccncc2)nc1SCC(=O)Nc1ccccc1[N+](=O)[O-]. The van der Waals surface area contributed by atoms with Gasteiger partial charge in [-0.25, -0.2) is 4.98 Å². The number of nitro groups is 1. The average Bonchev–Trinajstić information content (AvgIpc) is 2.73. The number of anilines is 1. The number of nitro benzene ring substituents is 1. The number of aromatic nitrogens is 2. The first-order valence-corrected chi connectivity index (χ1v) is 9.04. The van der Waals surface area contributed by atoms with Crippen LogP contribution in [0.15, 0.2) is 66.0 Å². The van der Waals surface area contributed by atoms with Crippen molar-refractivity contribution in [1.29, 1.82) is 5.26 Å². The van der Waals surface area contributed by atoms with E-state index in [2.05, 4.69) is 21.4 Å². The molecule has 0 aliphatic rings. The summed E-state index contributed by atoms with van der Waals surface area (Å²) in [7, 11) is 0.